The highest BCUT2D eigenvalue weighted by molar-refractivity contribution is 7.92. The molecule has 4 aromatic carbocycles. The number of carbonyl (C=O) groups is 2. The lowest BCUT2D eigenvalue weighted by molar-refractivity contribution is -0.140. The molecule has 0 unspecified atom stereocenters. The Kier molecular flexibility index (Phi) is 10.6. The molecule has 12 heteroatoms. The lowest BCUT2D eigenvalue weighted by Gasteiger charge is -2.35. The maximum atomic E-state index is 14.6. The summed E-state index contributed by atoms with van der Waals surface area (Å²) in [5.41, 5.74) is 0.921. The first-order chi connectivity index (χ1) is 22.8. The van der Waals surface area contributed by atoms with Gasteiger partial charge in [0.05, 0.1) is 10.6 Å². The average molecular weight is 694 g/mol. The molecule has 0 aliphatic carbocycles. The fourth-order valence-electron chi connectivity index (χ4n) is 5.24. The van der Waals surface area contributed by atoms with Crippen LogP contribution in [0.15, 0.2) is 102 Å². The number of halogens is 2. The van der Waals surface area contributed by atoms with Gasteiger partial charge in [0.25, 0.3) is 10.0 Å². The summed E-state index contributed by atoms with van der Waals surface area (Å²) in [5, 5.41) is 3.49. The average Bonchev–Trinajstić information content (AvgIpc) is 3.06. The lowest BCUT2D eigenvalue weighted by atomic mass is 10.0. The van der Waals surface area contributed by atoms with E-state index in [-0.39, 0.29) is 35.9 Å². The molecule has 1 heterocycles. The number of rotatable bonds is 11. The number of anilines is 1. The first kappa shape index (κ1) is 34.7. The molecule has 0 saturated heterocycles. The highest BCUT2D eigenvalue weighted by Crippen LogP contribution is 2.34. The number of hydrogen-bond donors (Lipinski definition) is 1. The molecular formula is C36H37ClFN3O6S. The van der Waals surface area contributed by atoms with Crippen LogP contribution in [0.3, 0.4) is 0 Å². The quantitative estimate of drug-likeness (QED) is 0.207. The second kappa shape index (κ2) is 14.7. The van der Waals surface area contributed by atoms with Crippen LogP contribution in [0, 0.1) is 5.82 Å². The van der Waals surface area contributed by atoms with Crippen LogP contribution in [0.25, 0.3) is 0 Å². The highest BCUT2D eigenvalue weighted by atomic mass is 35.5. The van der Waals surface area contributed by atoms with Crippen LogP contribution in [0.2, 0.25) is 5.02 Å². The normalized spacial score (nSPS) is 13.4. The largest absolute Gasteiger partial charge is 0.486 e. The van der Waals surface area contributed by atoms with Gasteiger partial charge in [-0.3, -0.25) is 13.9 Å². The van der Waals surface area contributed by atoms with E-state index in [1.165, 1.54) is 35.2 Å². The molecule has 9 nitrogen and oxygen atoms in total. The SMILES string of the molecule is CC(C)(C)NC(=O)[C@H](Cc1ccccc1)N(Cc1ccc(Cl)cc1)C(=O)CN(c1ccc(F)cc1)S(=O)(=O)c1ccc2c(c1)OCCO2. The molecule has 1 N–H and O–H groups in total. The zero-order chi connectivity index (χ0) is 34.5. The fourth-order valence-corrected chi connectivity index (χ4v) is 6.80. The summed E-state index contributed by atoms with van der Waals surface area (Å²) in [6, 6.07) is 24.1. The topological polar surface area (TPSA) is 105 Å². The van der Waals surface area contributed by atoms with Gasteiger partial charge in [-0.05, 0) is 80.4 Å². The van der Waals surface area contributed by atoms with Gasteiger partial charge in [-0.15, -0.1) is 0 Å². The van der Waals surface area contributed by atoms with Crippen molar-refractivity contribution >= 4 is 39.1 Å². The van der Waals surface area contributed by atoms with Gasteiger partial charge in [0, 0.05) is 29.6 Å². The zero-order valence-electron chi connectivity index (χ0n) is 26.9. The van der Waals surface area contributed by atoms with Crippen molar-refractivity contribution in [3.63, 3.8) is 0 Å². The number of amides is 2. The van der Waals surface area contributed by atoms with E-state index >= 15 is 0 Å². The molecule has 252 valence electrons. The van der Waals surface area contributed by atoms with Gasteiger partial charge < -0.3 is 19.7 Å². The predicted molar refractivity (Wildman–Crippen MR) is 182 cm³/mol. The van der Waals surface area contributed by atoms with Crippen molar-refractivity contribution in [3.05, 3.63) is 119 Å². The molecule has 1 aliphatic rings. The standard InChI is InChI=1S/C36H37ClFN3O6S/c1-36(2,3)39-35(43)31(21-25-7-5-4-6-8-25)40(23-26-9-11-27(37)12-10-26)34(42)24-41(29-15-13-28(38)14-16-29)48(44,45)30-17-18-32-33(22-30)47-20-19-46-32/h4-18,22,31H,19-21,23-24H2,1-3H3,(H,39,43)/t31-/m0/s1. The Labute approximate surface area is 285 Å². The summed E-state index contributed by atoms with van der Waals surface area (Å²) >= 11 is 6.14. The van der Waals surface area contributed by atoms with E-state index in [9.17, 15) is 22.4 Å². The van der Waals surface area contributed by atoms with Crippen molar-refractivity contribution in [3.8, 4) is 11.5 Å². The number of fused-ring (bicyclic) bond motifs is 1. The molecule has 0 saturated carbocycles. The van der Waals surface area contributed by atoms with Crippen LogP contribution in [0.1, 0.15) is 31.9 Å². The van der Waals surface area contributed by atoms with Gasteiger partial charge in [-0.2, -0.15) is 0 Å². The molecule has 2 amide bonds. The molecule has 0 spiro atoms. The minimum absolute atomic E-state index is 0.0214. The Morgan fingerprint density at radius 3 is 2.17 bits per heavy atom. The zero-order valence-corrected chi connectivity index (χ0v) is 28.4. The summed E-state index contributed by atoms with van der Waals surface area (Å²) < 4.78 is 54.7. The van der Waals surface area contributed by atoms with E-state index in [4.69, 9.17) is 21.1 Å². The first-order valence-corrected chi connectivity index (χ1v) is 17.2. The lowest BCUT2D eigenvalue weighted by Crippen LogP contribution is -2.56. The first-order valence-electron chi connectivity index (χ1n) is 15.4. The Balaban J connectivity index is 1.58. The van der Waals surface area contributed by atoms with Crippen LogP contribution < -0.4 is 19.1 Å². The van der Waals surface area contributed by atoms with Gasteiger partial charge in [0.15, 0.2) is 11.5 Å². The summed E-state index contributed by atoms with van der Waals surface area (Å²) in [7, 11) is -4.43. The summed E-state index contributed by atoms with van der Waals surface area (Å²) in [6.45, 7) is 5.38. The van der Waals surface area contributed by atoms with Crippen molar-refractivity contribution in [2.45, 2.75) is 50.2 Å². The smallest absolute Gasteiger partial charge is 0.264 e. The van der Waals surface area contributed by atoms with Gasteiger partial charge in [-0.25, -0.2) is 12.8 Å². The maximum absolute atomic E-state index is 14.6. The number of carbonyl (C=O) groups excluding carboxylic acids is 2. The number of nitrogens with zero attached hydrogens (tertiary/aromatic N) is 2. The Morgan fingerprint density at radius 2 is 1.52 bits per heavy atom. The van der Waals surface area contributed by atoms with Crippen molar-refractivity contribution in [1.29, 1.82) is 0 Å². The Bertz CT molecular complexity index is 1850. The Morgan fingerprint density at radius 1 is 0.875 bits per heavy atom. The van der Waals surface area contributed by atoms with Crippen molar-refractivity contribution in [1.82, 2.24) is 10.2 Å². The maximum Gasteiger partial charge on any atom is 0.264 e. The van der Waals surface area contributed by atoms with E-state index in [0.29, 0.717) is 22.9 Å². The monoisotopic (exact) mass is 693 g/mol. The molecule has 5 rings (SSSR count). The van der Waals surface area contributed by atoms with Crippen molar-refractivity contribution < 1.29 is 31.9 Å². The molecule has 48 heavy (non-hydrogen) atoms. The van der Waals surface area contributed by atoms with Crippen molar-refractivity contribution in [2.24, 2.45) is 0 Å². The van der Waals surface area contributed by atoms with Gasteiger partial charge in [-0.1, -0.05) is 54.1 Å². The summed E-state index contributed by atoms with van der Waals surface area (Å²) in [4.78, 5) is 29.8. The van der Waals surface area contributed by atoms with Crippen LogP contribution in [0.5, 0.6) is 11.5 Å². The van der Waals surface area contributed by atoms with E-state index in [1.807, 2.05) is 51.1 Å². The molecule has 0 bridgehead atoms. The fraction of sp³-hybridized carbons (Fsp3) is 0.278. The summed E-state index contributed by atoms with van der Waals surface area (Å²) in [6.07, 6.45) is 0.160. The minimum Gasteiger partial charge on any atom is -0.486 e. The molecule has 0 fully saturated rings. The van der Waals surface area contributed by atoms with E-state index in [0.717, 1.165) is 22.0 Å². The van der Waals surface area contributed by atoms with Crippen LogP contribution in [0.4, 0.5) is 10.1 Å². The van der Waals surface area contributed by atoms with Gasteiger partial charge in [0.2, 0.25) is 11.8 Å². The molecule has 1 aliphatic heterocycles. The number of benzene rings is 4. The van der Waals surface area contributed by atoms with Crippen LogP contribution in [-0.2, 0) is 32.6 Å². The summed E-state index contributed by atoms with van der Waals surface area (Å²) in [5.74, 6) is -0.990. The second-order valence-electron chi connectivity index (χ2n) is 12.4. The number of hydrogen-bond acceptors (Lipinski definition) is 6. The molecule has 4 aromatic rings. The van der Waals surface area contributed by atoms with E-state index in [1.54, 1.807) is 24.3 Å². The number of ether oxygens (including phenoxy) is 2. The molecule has 0 aromatic heterocycles. The second-order valence-corrected chi connectivity index (χ2v) is 14.7. The molecule has 1 atom stereocenters. The van der Waals surface area contributed by atoms with E-state index in [2.05, 4.69) is 5.32 Å². The highest BCUT2D eigenvalue weighted by Gasteiger charge is 2.36. The Hall–Kier alpha value is -4.61. The molecular weight excluding hydrogens is 657 g/mol. The van der Waals surface area contributed by atoms with Crippen LogP contribution >= 0.6 is 11.6 Å². The third kappa shape index (κ3) is 8.64. The number of sulfonamides is 1. The predicted octanol–water partition coefficient (Wildman–Crippen LogP) is 6.00. The van der Waals surface area contributed by atoms with Crippen molar-refractivity contribution in [2.75, 3.05) is 24.1 Å². The van der Waals surface area contributed by atoms with Gasteiger partial charge >= 0.3 is 0 Å². The minimum atomic E-state index is -4.43. The van der Waals surface area contributed by atoms with Crippen LogP contribution in [-0.4, -0.2) is 56.5 Å². The van der Waals surface area contributed by atoms with E-state index < -0.39 is 45.8 Å². The number of nitrogens with one attached hydrogen (secondary N) is 1. The third-order valence-electron chi connectivity index (χ3n) is 7.53. The molecule has 0 radical (unpaired) electrons. The third-order valence-corrected chi connectivity index (χ3v) is 9.55. The van der Waals surface area contributed by atoms with Gasteiger partial charge in [0.1, 0.15) is 31.6 Å².